The molecule has 0 saturated carbocycles. The number of rotatable bonds is 1. The summed E-state index contributed by atoms with van der Waals surface area (Å²) in [5, 5.41) is 3.31. The molecule has 6 heteroatoms. The van der Waals surface area contributed by atoms with Gasteiger partial charge in [-0.1, -0.05) is 0 Å². The van der Waals surface area contributed by atoms with Crippen molar-refractivity contribution in [3.05, 3.63) is 16.4 Å². The minimum Gasteiger partial charge on any atom is -0.383 e. The van der Waals surface area contributed by atoms with Crippen molar-refractivity contribution in [2.75, 3.05) is 30.3 Å². The highest BCUT2D eigenvalue weighted by molar-refractivity contribution is 5.42. The summed E-state index contributed by atoms with van der Waals surface area (Å²) < 4.78 is 0. The monoisotopic (exact) mass is 206 g/mol. The average molecular weight is 206 g/mol. The average Bonchev–Trinajstić information content (AvgIpc) is 2.46. The summed E-state index contributed by atoms with van der Waals surface area (Å²) >= 11 is 0. The highest BCUT2D eigenvalue weighted by Crippen LogP contribution is 2.30. The first-order valence-electron chi connectivity index (χ1n) is 5.00. The van der Waals surface area contributed by atoms with Crippen molar-refractivity contribution >= 4 is 11.8 Å². The van der Waals surface area contributed by atoms with Crippen molar-refractivity contribution in [2.24, 2.45) is 5.92 Å². The summed E-state index contributed by atoms with van der Waals surface area (Å²) in [6, 6.07) is 2.84. The molecule has 2 saturated heterocycles. The molecule has 1 aromatic heterocycles. The van der Waals surface area contributed by atoms with E-state index in [0.717, 1.165) is 19.6 Å². The molecule has 2 aliphatic heterocycles. The molecule has 2 atom stereocenters. The standard InChI is InChI=1S/C9H12N5O/c10-7-1-8(15)13-9(12-7)14-4-5-2-11-3-6(5)14/h5-6,11H,2-4H2,(H3,10,12,13,15). The van der Waals surface area contributed by atoms with Crippen LogP contribution in [-0.2, 0) is 0 Å². The van der Waals surface area contributed by atoms with Crippen molar-refractivity contribution in [1.82, 2.24) is 15.3 Å². The minimum atomic E-state index is -0.313. The van der Waals surface area contributed by atoms with E-state index < -0.39 is 0 Å². The van der Waals surface area contributed by atoms with Crippen LogP contribution in [0.4, 0.5) is 11.8 Å². The third-order valence-electron chi connectivity index (χ3n) is 3.10. The van der Waals surface area contributed by atoms with Crippen LogP contribution in [0.5, 0.6) is 0 Å². The van der Waals surface area contributed by atoms with Gasteiger partial charge in [0, 0.05) is 31.6 Å². The topological polar surface area (TPSA) is 87.0 Å². The van der Waals surface area contributed by atoms with E-state index in [9.17, 15) is 4.79 Å². The van der Waals surface area contributed by atoms with Crippen molar-refractivity contribution in [3.63, 3.8) is 0 Å². The molecule has 3 rings (SSSR count). The Labute approximate surface area is 86.5 Å². The molecule has 2 aliphatic rings. The zero-order valence-electron chi connectivity index (χ0n) is 8.16. The van der Waals surface area contributed by atoms with Crippen molar-refractivity contribution in [2.45, 2.75) is 6.04 Å². The van der Waals surface area contributed by atoms with Gasteiger partial charge in [-0.25, -0.2) is 0 Å². The maximum absolute atomic E-state index is 11.2. The van der Waals surface area contributed by atoms with Crippen LogP contribution < -0.4 is 21.5 Å². The van der Waals surface area contributed by atoms with Crippen molar-refractivity contribution < 1.29 is 0 Å². The second-order valence-electron chi connectivity index (χ2n) is 4.04. The molecule has 0 spiro atoms. The molecule has 79 valence electrons. The quantitative estimate of drug-likeness (QED) is 0.524. The van der Waals surface area contributed by atoms with Gasteiger partial charge in [-0.3, -0.25) is 9.78 Å². The summed E-state index contributed by atoms with van der Waals surface area (Å²) in [5.74, 6) is 1.41. The highest BCUT2D eigenvalue weighted by Gasteiger charge is 2.43. The Morgan fingerprint density at radius 2 is 2.40 bits per heavy atom. The Kier molecular flexibility index (Phi) is 1.72. The molecule has 0 bridgehead atoms. The molecule has 15 heavy (non-hydrogen) atoms. The smallest absolute Gasteiger partial charge is 0.262 e. The van der Waals surface area contributed by atoms with E-state index in [1.807, 2.05) is 0 Å². The normalized spacial score (nSPS) is 28.7. The van der Waals surface area contributed by atoms with Crippen molar-refractivity contribution in [3.8, 4) is 0 Å². The molecule has 0 aromatic carbocycles. The Balaban J connectivity index is 1.90. The van der Waals surface area contributed by atoms with Crippen molar-refractivity contribution in [1.29, 1.82) is 0 Å². The number of fused-ring (bicyclic) bond motifs is 1. The predicted molar refractivity (Wildman–Crippen MR) is 55.6 cm³/mol. The molecular formula is C9H12N5O. The van der Waals surface area contributed by atoms with Crippen LogP contribution in [0.1, 0.15) is 0 Å². The molecule has 4 N–H and O–H groups in total. The summed E-state index contributed by atoms with van der Waals surface area (Å²) in [5.41, 5.74) is 5.17. The van der Waals surface area contributed by atoms with Crippen LogP contribution in [0.3, 0.4) is 0 Å². The largest absolute Gasteiger partial charge is 0.383 e. The summed E-state index contributed by atoms with van der Waals surface area (Å²) in [4.78, 5) is 20.0. The lowest BCUT2D eigenvalue weighted by atomic mass is 9.93. The van der Waals surface area contributed by atoms with E-state index >= 15 is 0 Å². The van der Waals surface area contributed by atoms with Crippen LogP contribution in [0, 0.1) is 12.0 Å². The first-order chi connectivity index (χ1) is 7.24. The van der Waals surface area contributed by atoms with E-state index in [-0.39, 0.29) is 11.4 Å². The maximum atomic E-state index is 11.2. The molecule has 3 heterocycles. The number of hydrogen-bond donors (Lipinski definition) is 3. The lowest BCUT2D eigenvalue weighted by molar-refractivity contribution is 0.359. The number of anilines is 2. The molecule has 1 aromatic rings. The van der Waals surface area contributed by atoms with E-state index in [4.69, 9.17) is 5.73 Å². The number of H-pyrrole nitrogens is 1. The second-order valence-corrected chi connectivity index (χ2v) is 4.04. The molecule has 1 radical (unpaired) electrons. The van der Waals surface area contributed by atoms with Gasteiger partial charge < -0.3 is 16.0 Å². The second kappa shape index (κ2) is 2.96. The molecule has 0 amide bonds. The van der Waals surface area contributed by atoms with Gasteiger partial charge in [-0.15, -0.1) is 0 Å². The predicted octanol–water partition coefficient (Wildman–Crippen LogP) is -1.44. The van der Waals surface area contributed by atoms with Gasteiger partial charge in [0.25, 0.3) is 5.56 Å². The number of aromatic nitrogens is 2. The summed E-state index contributed by atoms with van der Waals surface area (Å²) in [7, 11) is 0. The molecule has 2 unspecified atom stereocenters. The zero-order valence-corrected chi connectivity index (χ0v) is 8.16. The Morgan fingerprint density at radius 3 is 3.13 bits per heavy atom. The number of hydrogen-bond acceptors (Lipinski definition) is 5. The van der Waals surface area contributed by atoms with Gasteiger partial charge in [0.15, 0.2) is 0 Å². The fourth-order valence-electron chi connectivity index (χ4n) is 2.32. The summed E-state index contributed by atoms with van der Waals surface area (Å²) in [6.45, 7) is 2.94. The fourth-order valence-corrected chi connectivity index (χ4v) is 2.32. The van der Waals surface area contributed by atoms with Gasteiger partial charge in [0.2, 0.25) is 5.95 Å². The summed E-state index contributed by atoms with van der Waals surface area (Å²) in [6.07, 6.45) is 0. The molecule has 2 fully saturated rings. The lowest BCUT2D eigenvalue weighted by Crippen LogP contribution is -2.56. The number of aromatic amines is 1. The minimum absolute atomic E-state index is 0.156. The van der Waals surface area contributed by atoms with E-state index in [0.29, 0.717) is 17.9 Å². The number of nitrogen functional groups attached to an aromatic ring is 1. The van der Waals surface area contributed by atoms with Crippen LogP contribution in [0.2, 0.25) is 0 Å². The number of nitrogens with zero attached hydrogens (tertiary/aromatic N) is 2. The van der Waals surface area contributed by atoms with Gasteiger partial charge in [0.1, 0.15) is 5.82 Å². The Hall–Kier alpha value is -1.56. The molecule has 0 aliphatic carbocycles. The first-order valence-corrected chi connectivity index (χ1v) is 5.00. The third kappa shape index (κ3) is 1.29. The molecule has 6 nitrogen and oxygen atoms in total. The molecular weight excluding hydrogens is 194 g/mol. The fraction of sp³-hybridized carbons (Fsp3) is 0.556. The van der Waals surface area contributed by atoms with Gasteiger partial charge >= 0.3 is 0 Å². The van der Waals surface area contributed by atoms with Crippen LogP contribution in [-0.4, -0.2) is 35.6 Å². The first kappa shape index (κ1) is 8.72. The zero-order chi connectivity index (χ0) is 10.4. The number of nitrogens with one attached hydrogen (secondary N) is 2. The third-order valence-corrected chi connectivity index (χ3v) is 3.10. The van der Waals surface area contributed by atoms with Crippen LogP contribution in [0.25, 0.3) is 0 Å². The highest BCUT2D eigenvalue weighted by atomic mass is 16.1. The van der Waals surface area contributed by atoms with Crippen LogP contribution >= 0.6 is 0 Å². The van der Waals surface area contributed by atoms with Gasteiger partial charge in [-0.05, 0) is 0 Å². The number of nitrogens with two attached hydrogens (primary N) is 1. The lowest BCUT2D eigenvalue weighted by Gasteiger charge is -2.43. The maximum Gasteiger partial charge on any atom is 0.262 e. The van der Waals surface area contributed by atoms with Gasteiger partial charge in [0.05, 0.1) is 6.07 Å². The van der Waals surface area contributed by atoms with Crippen LogP contribution in [0.15, 0.2) is 4.79 Å². The SMILES string of the molecule is Nc1[c]c(=O)[nH]c(N2CC3CNCC32)n1. The van der Waals surface area contributed by atoms with E-state index in [1.165, 1.54) is 0 Å². The van der Waals surface area contributed by atoms with E-state index in [2.05, 4.69) is 26.3 Å². The van der Waals surface area contributed by atoms with Gasteiger partial charge in [-0.2, -0.15) is 4.98 Å². The Bertz CT molecular complexity index is 442. The van der Waals surface area contributed by atoms with E-state index in [1.54, 1.807) is 0 Å². The Morgan fingerprint density at radius 1 is 1.53 bits per heavy atom.